The average molecular weight is 236 g/mol. The first-order valence-electron chi connectivity index (χ1n) is 6.28. The lowest BCUT2D eigenvalue weighted by Crippen LogP contribution is -1.98. The lowest BCUT2D eigenvalue weighted by atomic mass is 9.90. The molecule has 3 aromatic rings. The molecule has 1 unspecified atom stereocenters. The largest absolute Gasteiger partial charge is 0.389 e. The van der Waals surface area contributed by atoms with Crippen LogP contribution in [0, 0.1) is 6.92 Å². The molecule has 0 aromatic heterocycles. The van der Waals surface area contributed by atoms with Gasteiger partial charge in [-0.3, -0.25) is 0 Å². The van der Waals surface area contributed by atoms with Crippen LogP contribution in [0.25, 0.3) is 21.5 Å². The van der Waals surface area contributed by atoms with Gasteiger partial charge in [0.25, 0.3) is 0 Å². The zero-order valence-corrected chi connectivity index (χ0v) is 10.6. The highest BCUT2D eigenvalue weighted by atomic mass is 16.3. The van der Waals surface area contributed by atoms with E-state index in [-0.39, 0.29) is 0 Å². The van der Waals surface area contributed by atoms with Crippen LogP contribution in [0.5, 0.6) is 0 Å². The summed E-state index contributed by atoms with van der Waals surface area (Å²) in [5, 5.41) is 14.9. The van der Waals surface area contributed by atoms with Gasteiger partial charge in [-0.15, -0.1) is 0 Å². The van der Waals surface area contributed by atoms with E-state index in [1.807, 2.05) is 13.0 Å². The Morgan fingerprint density at radius 1 is 0.778 bits per heavy atom. The van der Waals surface area contributed by atoms with Gasteiger partial charge in [-0.1, -0.05) is 48.5 Å². The fourth-order valence-corrected chi connectivity index (χ4v) is 2.88. The summed E-state index contributed by atoms with van der Waals surface area (Å²) < 4.78 is 0. The number of aliphatic hydroxyl groups is 1. The van der Waals surface area contributed by atoms with Crippen molar-refractivity contribution in [3.8, 4) is 0 Å². The van der Waals surface area contributed by atoms with Crippen LogP contribution in [0.2, 0.25) is 0 Å². The number of fused-ring (bicyclic) bond motifs is 3. The minimum Gasteiger partial charge on any atom is -0.389 e. The van der Waals surface area contributed by atoms with E-state index < -0.39 is 6.10 Å². The van der Waals surface area contributed by atoms with Gasteiger partial charge in [0.1, 0.15) is 0 Å². The van der Waals surface area contributed by atoms with Crippen molar-refractivity contribution in [2.75, 3.05) is 0 Å². The second-order valence-electron chi connectivity index (χ2n) is 4.81. The molecular formula is C17H16O. The maximum atomic E-state index is 10.1. The number of aliphatic hydroxyl groups excluding tert-OH is 1. The molecule has 90 valence electrons. The Hall–Kier alpha value is -1.86. The highest BCUT2D eigenvalue weighted by molar-refractivity contribution is 6.10. The highest BCUT2D eigenvalue weighted by Gasteiger charge is 2.13. The second-order valence-corrected chi connectivity index (χ2v) is 4.81. The summed E-state index contributed by atoms with van der Waals surface area (Å²) in [5.74, 6) is 0. The molecule has 0 aliphatic carbocycles. The van der Waals surface area contributed by atoms with E-state index in [1.54, 1.807) is 0 Å². The van der Waals surface area contributed by atoms with Crippen LogP contribution in [0.15, 0.2) is 48.5 Å². The van der Waals surface area contributed by atoms with Crippen LogP contribution in [0.3, 0.4) is 0 Å². The zero-order chi connectivity index (χ0) is 12.7. The van der Waals surface area contributed by atoms with Crippen molar-refractivity contribution in [2.24, 2.45) is 0 Å². The number of rotatable bonds is 1. The quantitative estimate of drug-likeness (QED) is 0.622. The van der Waals surface area contributed by atoms with E-state index in [0.717, 1.165) is 10.9 Å². The molecule has 0 saturated heterocycles. The molecule has 18 heavy (non-hydrogen) atoms. The molecule has 1 nitrogen and oxygen atoms in total. The molecule has 0 fully saturated rings. The van der Waals surface area contributed by atoms with Gasteiger partial charge in [0.15, 0.2) is 0 Å². The van der Waals surface area contributed by atoms with Crippen molar-refractivity contribution in [3.05, 3.63) is 59.7 Å². The number of hydrogen-bond donors (Lipinski definition) is 1. The summed E-state index contributed by atoms with van der Waals surface area (Å²) in [7, 11) is 0. The third-order valence-electron chi connectivity index (χ3n) is 3.66. The Bertz CT molecular complexity index is 726. The SMILES string of the molecule is Cc1c(C(C)O)c2ccccc2c2ccccc12. The molecule has 0 radical (unpaired) electrons. The summed E-state index contributed by atoms with van der Waals surface area (Å²) in [6.07, 6.45) is -0.445. The van der Waals surface area contributed by atoms with E-state index in [0.29, 0.717) is 0 Å². The van der Waals surface area contributed by atoms with Crippen molar-refractivity contribution >= 4 is 21.5 Å². The molecular weight excluding hydrogens is 220 g/mol. The van der Waals surface area contributed by atoms with Gasteiger partial charge < -0.3 is 5.11 Å². The molecule has 0 aliphatic rings. The van der Waals surface area contributed by atoms with Crippen molar-refractivity contribution in [1.29, 1.82) is 0 Å². The summed E-state index contributed by atoms with van der Waals surface area (Å²) in [4.78, 5) is 0. The Balaban J connectivity index is 2.62. The van der Waals surface area contributed by atoms with Crippen LogP contribution in [-0.4, -0.2) is 5.11 Å². The van der Waals surface area contributed by atoms with Crippen LogP contribution < -0.4 is 0 Å². The molecule has 1 N–H and O–H groups in total. The van der Waals surface area contributed by atoms with Gasteiger partial charge in [-0.25, -0.2) is 0 Å². The summed E-state index contributed by atoms with van der Waals surface area (Å²) in [6, 6.07) is 16.7. The van der Waals surface area contributed by atoms with E-state index in [2.05, 4.69) is 49.4 Å². The third-order valence-corrected chi connectivity index (χ3v) is 3.66. The molecule has 0 saturated carbocycles. The van der Waals surface area contributed by atoms with Crippen molar-refractivity contribution in [1.82, 2.24) is 0 Å². The molecule has 0 heterocycles. The fraction of sp³-hybridized carbons (Fsp3) is 0.176. The summed E-state index contributed by atoms with van der Waals surface area (Å²) >= 11 is 0. The molecule has 1 heteroatoms. The first-order chi connectivity index (χ1) is 8.70. The van der Waals surface area contributed by atoms with Gasteiger partial charge >= 0.3 is 0 Å². The normalized spacial score (nSPS) is 13.1. The van der Waals surface area contributed by atoms with E-state index in [1.165, 1.54) is 21.7 Å². The summed E-state index contributed by atoms with van der Waals surface area (Å²) in [6.45, 7) is 3.93. The summed E-state index contributed by atoms with van der Waals surface area (Å²) in [5.41, 5.74) is 2.23. The molecule has 3 rings (SSSR count). The second kappa shape index (κ2) is 4.11. The van der Waals surface area contributed by atoms with Gasteiger partial charge in [-0.2, -0.15) is 0 Å². The minimum atomic E-state index is -0.445. The fourth-order valence-electron chi connectivity index (χ4n) is 2.88. The first-order valence-corrected chi connectivity index (χ1v) is 6.28. The Kier molecular flexibility index (Phi) is 2.57. The number of hydrogen-bond acceptors (Lipinski definition) is 1. The molecule has 0 aliphatic heterocycles. The first kappa shape index (κ1) is 11.2. The van der Waals surface area contributed by atoms with Crippen LogP contribution >= 0.6 is 0 Å². The monoisotopic (exact) mass is 236 g/mol. The zero-order valence-electron chi connectivity index (χ0n) is 10.6. The molecule has 0 spiro atoms. The topological polar surface area (TPSA) is 20.2 Å². The van der Waals surface area contributed by atoms with Gasteiger partial charge in [0.05, 0.1) is 6.10 Å². The number of aryl methyl sites for hydroxylation is 1. The maximum absolute atomic E-state index is 10.1. The highest BCUT2D eigenvalue weighted by Crippen LogP contribution is 2.35. The smallest absolute Gasteiger partial charge is 0.0770 e. The Morgan fingerprint density at radius 2 is 1.22 bits per heavy atom. The van der Waals surface area contributed by atoms with Crippen LogP contribution in [0.1, 0.15) is 24.2 Å². The molecule has 0 bridgehead atoms. The minimum absolute atomic E-state index is 0.445. The van der Waals surface area contributed by atoms with Crippen molar-refractivity contribution < 1.29 is 5.11 Å². The van der Waals surface area contributed by atoms with E-state index in [9.17, 15) is 5.11 Å². The van der Waals surface area contributed by atoms with Gasteiger partial charge in [0, 0.05) is 0 Å². The van der Waals surface area contributed by atoms with Crippen LogP contribution in [-0.2, 0) is 0 Å². The van der Waals surface area contributed by atoms with E-state index >= 15 is 0 Å². The number of benzene rings is 3. The lowest BCUT2D eigenvalue weighted by Gasteiger charge is -2.16. The predicted molar refractivity (Wildman–Crippen MR) is 76.8 cm³/mol. The predicted octanol–water partition coefficient (Wildman–Crippen LogP) is 4.35. The van der Waals surface area contributed by atoms with Crippen molar-refractivity contribution in [3.63, 3.8) is 0 Å². The Morgan fingerprint density at radius 3 is 1.78 bits per heavy atom. The van der Waals surface area contributed by atoms with E-state index in [4.69, 9.17) is 0 Å². The third kappa shape index (κ3) is 1.52. The maximum Gasteiger partial charge on any atom is 0.0770 e. The van der Waals surface area contributed by atoms with Gasteiger partial charge in [-0.05, 0) is 46.5 Å². The van der Waals surface area contributed by atoms with Crippen molar-refractivity contribution in [2.45, 2.75) is 20.0 Å². The van der Waals surface area contributed by atoms with Crippen LogP contribution in [0.4, 0.5) is 0 Å². The molecule has 3 aromatic carbocycles. The Labute approximate surface area is 107 Å². The average Bonchev–Trinajstić information content (AvgIpc) is 2.39. The molecule has 1 atom stereocenters. The lowest BCUT2D eigenvalue weighted by molar-refractivity contribution is 0.200. The standard InChI is InChI=1S/C17H16O/c1-11-13-7-3-4-8-14(13)15-9-5-6-10-16(15)17(11)12(2)18/h3-10,12,18H,1-2H3. The van der Waals surface area contributed by atoms with Gasteiger partial charge in [0.2, 0.25) is 0 Å². The molecule has 0 amide bonds.